The molecule has 0 saturated heterocycles. The van der Waals surface area contributed by atoms with Gasteiger partial charge in [-0.25, -0.2) is 14.5 Å². The van der Waals surface area contributed by atoms with E-state index in [-0.39, 0.29) is 0 Å². The molecule has 4 aromatic rings. The van der Waals surface area contributed by atoms with Gasteiger partial charge in [0.05, 0.1) is 0 Å². The molecule has 0 atom stereocenters. The molecule has 2 aromatic carbocycles. The van der Waals surface area contributed by atoms with Crippen LogP contribution in [-0.2, 0) is 6.61 Å². The van der Waals surface area contributed by atoms with Crippen molar-refractivity contribution in [2.24, 2.45) is 0 Å². The molecule has 5 rings (SSSR count). The zero-order valence-electron chi connectivity index (χ0n) is 16.2. The van der Waals surface area contributed by atoms with Crippen molar-refractivity contribution in [2.75, 3.05) is 18.5 Å². The third-order valence-corrected chi connectivity index (χ3v) is 5.22. The van der Waals surface area contributed by atoms with Crippen molar-refractivity contribution in [2.45, 2.75) is 13.0 Å². The van der Waals surface area contributed by atoms with Gasteiger partial charge < -0.3 is 9.64 Å². The minimum Gasteiger partial charge on any atom is -0.488 e. The highest BCUT2D eigenvalue weighted by molar-refractivity contribution is 5.84. The van der Waals surface area contributed by atoms with Crippen LogP contribution < -0.4 is 9.64 Å². The Kier molecular flexibility index (Phi) is 4.44. The van der Waals surface area contributed by atoms with E-state index in [1.807, 2.05) is 19.2 Å². The summed E-state index contributed by atoms with van der Waals surface area (Å²) in [5.41, 5.74) is 5.56. The number of ether oxygens (including phenoxy) is 1. The molecule has 3 heterocycles. The first-order chi connectivity index (χ1) is 14.3. The molecule has 144 valence electrons. The molecule has 0 saturated carbocycles. The summed E-state index contributed by atoms with van der Waals surface area (Å²) in [5, 5.41) is 4.19. The van der Waals surface area contributed by atoms with E-state index in [9.17, 15) is 0 Å². The van der Waals surface area contributed by atoms with Gasteiger partial charge >= 0.3 is 0 Å². The van der Waals surface area contributed by atoms with Crippen molar-refractivity contribution >= 4 is 17.0 Å². The Balaban J connectivity index is 1.45. The Morgan fingerprint density at radius 2 is 1.90 bits per heavy atom. The monoisotopic (exact) mass is 383 g/mol. The molecule has 1 aliphatic rings. The smallest absolute Gasteiger partial charge is 0.198 e. The molecule has 0 unspecified atom stereocenters. The van der Waals surface area contributed by atoms with Gasteiger partial charge in [0.2, 0.25) is 0 Å². The molecule has 0 bridgehead atoms. The van der Waals surface area contributed by atoms with Crippen LogP contribution in [0.1, 0.15) is 23.1 Å². The first-order valence-electron chi connectivity index (χ1n) is 9.67. The van der Waals surface area contributed by atoms with Crippen LogP contribution >= 0.6 is 0 Å². The average Bonchev–Trinajstić information content (AvgIpc) is 3.19. The zero-order valence-corrected chi connectivity index (χ0v) is 16.2. The second kappa shape index (κ2) is 7.39. The molecule has 0 fully saturated rings. The Hall–Kier alpha value is -3.67. The number of hydrogen-bond acceptors (Lipinski definition) is 5. The molecule has 29 heavy (non-hydrogen) atoms. The van der Waals surface area contributed by atoms with Crippen molar-refractivity contribution in [3.05, 3.63) is 90.0 Å². The van der Waals surface area contributed by atoms with E-state index in [2.05, 4.69) is 62.4 Å². The molecule has 0 radical (unpaired) electrons. The standard InChI is InChI=1S/C23H21N5O/c1-27(22-23-25-16-26-28(23)14-12-24-22)13-6-10-19-18-8-3-2-7-17(18)15-29-21-11-5-4-9-20(19)21/h2-5,7-12,14,16H,6,13,15H2,1H3/b19-10-. The Labute approximate surface area is 169 Å². The van der Waals surface area contributed by atoms with Gasteiger partial charge in [0.15, 0.2) is 11.5 Å². The van der Waals surface area contributed by atoms with Crippen molar-refractivity contribution in [1.82, 2.24) is 19.6 Å². The normalized spacial score (nSPS) is 14.2. The molecule has 0 aliphatic carbocycles. The van der Waals surface area contributed by atoms with E-state index in [4.69, 9.17) is 4.74 Å². The molecule has 0 N–H and O–H groups in total. The van der Waals surface area contributed by atoms with Gasteiger partial charge in [-0.15, -0.1) is 0 Å². The minimum atomic E-state index is 0.587. The Bertz CT molecular complexity index is 1150. The summed E-state index contributed by atoms with van der Waals surface area (Å²) in [6.07, 6.45) is 8.27. The number of rotatable bonds is 4. The highest BCUT2D eigenvalue weighted by Crippen LogP contribution is 2.36. The first-order valence-corrected chi connectivity index (χ1v) is 9.67. The number of aromatic nitrogens is 4. The highest BCUT2D eigenvalue weighted by atomic mass is 16.5. The minimum absolute atomic E-state index is 0.587. The van der Waals surface area contributed by atoms with Crippen molar-refractivity contribution in [3.63, 3.8) is 0 Å². The summed E-state index contributed by atoms with van der Waals surface area (Å²) < 4.78 is 7.80. The van der Waals surface area contributed by atoms with Crippen LogP contribution in [0.5, 0.6) is 5.75 Å². The molecule has 0 amide bonds. The largest absolute Gasteiger partial charge is 0.488 e. The van der Waals surface area contributed by atoms with Crippen molar-refractivity contribution < 1.29 is 4.74 Å². The van der Waals surface area contributed by atoms with Gasteiger partial charge in [0.1, 0.15) is 18.7 Å². The van der Waals surface area contributed by atoms with Crippen LogP contribution in [0.15, 0.2) is 73.3 Å². The average molecular weight is 383 g/mol. The van der Waals surface area contributed by atoms with Gasteiger partial charge in [-0.1, -0.05) is 48.5 Å². The fourth-order valence-corrected chi connectivity index (χ4v) is 3.77. The van der Waals surface area contributed by atoms with Gasteiger partial charge in [-0.3, -0.25) is 0 Å². The van der Waals surface area contributed by atoms with Crippen LogP contribution in [0.4, 0.5) is 5.82 Å². The summed E-state index contributed by atoms with van der Waals surface area (Å²) in [5.74, 6) is 1.76. The predicted octanol–water partition coefficient (Wildman–Crippen LogP) is 3.97. The predicted molar refractivity (Wildman–Crippen MR) is 113 cm³/mol. The summed E-state index contributed by atoms with van der Waals surface area (Å²) in [6.45, 7) is 1.40. The summed E-state index contributed by atoms with van der Waals surface area (Å²) in [6, 6.07) is 16.7. The van der Waals surface area contributed by atoms with E-state index in [0.29, 0.717) is 6.61 Å². The van der Waals surface area contributed by atoms with E-state index >= 15 is 0 Å². The number of anilines is 1. The van der Waals surface area contributed by atoms with E-state index < -0.39 is 0 Å². The van der Waals surface area contributed by atoms with E-state index in [1.54, 1.807) is 23.2 Å². The molecule has 0 spiro atoms. The van der Waals surface area contributed by atoms with Crippen LogP contribution in [-0.4, -0.2) is 33.2 Å². The van der Waals surface area contributed by atoms with Gasteiger partial charge in [-0.2, -0.15) is 5.10 Å². The van der Waals surface area contributed by atoms with Gasteiger partial charge in [0.25, 0.3) is 0 Å². The number of fused-ring (bicyclic) bond motifs is 3. The lowest BCUT2D eigenvalue weighted by molar-refractivity contribution is 0.307. The lowest BCUT2D eigenvalue weighted by Crippen LogP contribution is -2.20. The third-order valence-electron chi connectivity index (χ3n) is 5.22. The van der Waals surface area contributed by atoms with Crippen LogP contribution in [0, 0.1) is 0 Å². The molecule has 6 heteroatoms. The van der Waals surface area contributed by atoms with Crippen LogP contribution in [0.2, 0.25) is 0 Å². The maximum atomic E-state index is 6.06. The molecule has 6 nitrogen and oxygen atoms in total. The topological polar surface area (TPSA) is 55.5 Å². The third kappa shape index (κ3) is 3.23. The molecular weight excluding hydrogens is 362 g/mol. The number of benzene rings is 2. The number of hydrogen-bond donors (Lipinski definition) is 0. The van der Waals surface area contributed by atoms with Gasteiger partial charge in [-0.05, 0) is 29.2 Å². The van der Waals surface area contributed by atoms with Crippen LogP contribution in [0.25, 0.3) is 11.2 Å². The quantitative estimate of drug-likeness (QED) is 0.534. The zero-order chi connectivity index (χ0) is 19.6. The number of para-hydroxylation sites is 1. The van der Waals surface area contributed by atoms with Crippen molar-refractivity contribution in [1.29, 1.82) is 0 Å². The second-order valence-corrected chi connectivity index (χ2v) is 7.05. The van der Waals surface area contributed by atoms with E-state index in [0.717, 1.165) is 35.7 Å². The second-order valence-electron chi connectivity index (χ2n) is 7.05. The van der Waals surface area contributed by atoms with E-state index in [1.165, 1.54) is 16.7 Å². The molecular formula is C23H21N5O. The molecule has 2 aromatic heterocycles. The maximum Gasteiger partial charge on any atom is 0.198 e. The lowest BCUT2D eigenvalue weighted by atomic mass is 9.93. The summed E-state index contributed by atoms with van der Waals surface area (Å²) in [4.78, 5) is 10.9. The van der Waals surface area contributed by atoms with Crippen molar-refractivity contribution in [3.8, 4) is 5.75 Å². The fraction of sp³-hybridized carbons (Fsp3) is 0.174. The Morgan fingerprint density at radius 1 is 1.07 bits per heavy atom. The SMILES string of the molecule is CN(CC/C=C1/c2ccccc2COc2ccccc21)c1nccn2ncnc12. The first kappa shape index (κ1) is 17.4. The molecule has 1 aliphatic heterocycles. The Morgan fingerprint density at radius 3 is 2.83 bits per heavy atom. The van der Waals surface area contributed by atoms with Crippen LogP contribution in [0.3, 0.4) is 0 Å². The fourth-order valence-electron chi connectivity index (χ4n) is 3.77. The summed E-state index contributed by atoms with van der Waals surface area (Å²) in [7, 11) is 2.04. The maximum absolute atomic E-state index is 6.06. The van der Waals surface area contributed by atoms with Gasteiger partial charge in [0, 0.05) is 31.5 Å². The summed E-state index contributed by atoms with van der Waals surface area (Å²) >= 11 is 0. The number of nitrogens with zero attached hydrogens (tertiary/aromatic N) is 5. The lowest BCUT2D eigenvalue weighted by Gasteiger charge is -2.18. The highest BCUT2D eigenvalue weighted by Gasteiger charge is 2.18.